The fraction of sp³-hybridized carbons (Fsp3) is 0. The zero-order valence-electron chi connectivity index (χ0n) is 10.7. The fourth-order valence-corrected chi connectivity index (χ4v) is 1.91. The van der Waals surface area contributed by atoms with Crippen LogP contribution in [0.3, 0.4) is 0 Å². The number of hydrogen-bond donors (Lipinski definition) is 1. The summed E-state index contributed by atoms with van der Waals surface area (Å²) < 4.78 is 1.44. The van der Waals surface area contributed by atoms with Gasteiger partial charge in [0, 0.05) is 23.4 Å². The van der Waals surface area contributed by atoms with Crippen LogP contribution in [0.15, 0.2) is 48.5 Å². The van der Waals surface area contributed by atoms with E-state index < -0.39 is 4.92 Å². The summed E-state index contributed by atoms with van der Waals surface area (Å²) in [5.74, 6) is 0.482. The van der Waals surface area contributed by atoms with Crippen molar-refractivity contribution in [2.45, 2.75) is 0 Å². The second kappa shape index (κ2) is 5.00. The number of nitrogens with zero attached hydrogens (tertiary/aromatic N) is 5. The highest BCUT2D eigenvalue weighted by atomic mass is 16.6. The van der Waals surface area contributed by atoms with Crippen LogP contribution in [0.2, 0.25) is 0 Å². The average molecular weight is 282 g/mol. The van der Waals surface area contributed by atoms with Crippen LogP contribution in [0.5, 0.6) is 0 Å². The number of nitrogens with two attached hydrogens (primary N) is 1. The normalized spacial score (nSPS) is 10.5. The van der Waals surface area contributed by atoms with Gasteiger partial charge in [0.05, 0.1) is 10.6 Å². The summed E-state index contributed by atoms with van der Waals surface area (Å²) in [6, 6.07) is 13.2. The molecule has 21 heavy (non-hydrogen) atoms. The van der Waals surface area contributed by atoms with Crippen molar-refractivity contribution in [3.8, 4) is 17.1 Å². The minimum atomic E-state index is -0.462. The molecule has 0 amide bonds. The Balaban J connectivity index is 2.08. The van der Waals surface area contributed by atoms with Gasteiger partial charge in [0.1, 0.15) is 0 Å². The largest absolute Gasteiger partial charge is 0.399 e. The summed E-state index contributed by atoms with van der Waals surface area (Å²) in [6.45, 7) is 0. The molecule has 0 bridgehead atoms. The molecule has 0 atom stereocenters. The van der Waals surface area contributed by atoms with Gasteiger partial charge in [0.25, 0.3) is 5.69 Å². The van der Waals surface area contributed by atoms with Gasteiger partial charge in [-0.3, -0.25) is 10.1 Å². The van der Waals surface area contributed by atoms with Crippen LogP contribution in [0.4, 0.5) is 11.4 Å². The molecular formula is C13H10N6O2. The Hall–Kier alpha value is -3.29. The maximum atomic E-state index is 10.8. The molecule has 0 unspecified atom stereocenters. The molecule has 0 aliphatic carbocycles. The van der Waals surface area contributed by atoms with Crippen LogP contribution in [0.25, 0.3) is 17.1 Å². The van der Waals surface area contributed by atoms with Crippen LogP contribution in [-0.4, -0.2) is 25.1 Å². The minimum absolute atomic E-state index is 0.0220. The van der Waals surface area contributed by atoms with Gasteiger partial charge in [0.2, 0.25) is 0 Å². The van der Waals surface area contributed by atoms with Crippen LogP contribution in [0.1, 0.15) is 0 Å². The number of anilines is 1. The molecule has 3 aromatic rings. The van der Waals surface area contributed by atoms with E-state index in [4.69, 9.17) is 5.73 Å². The number of rotatable bonds is 3. The molecular weight excluding hydrogens is 272 g/mol. The number of nitrogen functional groups attached to an aromatic ring is 1. The lowest BCUT2D eigenvalue weighted by Gasteiger charge is -2.04. The lowest BCUT2D eigenvalue weighted by atomic mass is 10.2. The van der Waals surface area contributed by atoms with E-state index in [9.17, 15) is 10.1 Å². The average Bonchev–Trinajstić information content (AvgIpc) is 2.97. The van der Waals surface area contributed by atoms with Gasteiger partial charge in [-0.15, -0.1) is 5.10 Å². The predicted octanol–water partition coefficient (Wildman–Crippen LogP) is 1.82. The molecule has 2 N–H and O–H groups in total. The first-order valence-corrected chi connectivity index (χ1v) is 6.04. The molecule has 0 radical (unpaired) electrons. The lowest BCUT2D eigenvalue weighted by molar-refractivity contribution is -0.384. The van der Waals surface area contributed by atoms with Crippen molar-refractivity contribution in [1.82, 2.24) is 20.2 Å². The fourth-order valence-electron chi connectivity index (χ4n) is 1.91. The van der Waals surface area contributed by atoms with E-state index in [1.165, 1.54) is 16.8 Å². The van der Waals surface area contributed by atoms with Crippen molar-refractivity contribution in [3.05, 3.63) is 58.6 Å². The summed E-state index contributed by atoms with van der Waals surface area (Å²) in [4.78, 5) is 10.4. The quantitative estimate of drug-likeness (QED) is 0.445. The van der Waals surface area contributed by atoms with Gasteiger partial charge in [-0.1, -0.05) is 6.07 Å². The predicted molar refractivity (Wildman–Crippen MR) is 75.7 cm³/mol. The van der Waals surface area contributed by atoms with Crippen LogP contribution < -0.4 is 5.73 Å². The molecule has 0 fully saturated rings. The summed E-state index contributed by atoms with van der Waals surface area (Å²) in [5, 5.41) is 22.3. The van der Waals surface area contributed by atoms with E-state index in [0.29, 0.717) is 17.2 Å². The van der Waals surface area contributed by atoms with Gasteiger partial charge >= 0.3 is 0 Å². The molecule has 0 aliphatic rings. The molecule has 0 saturated heterocycles. The zero-order chi connectivity index (χ0) is 14.8. The number of benzene rings is 2. The highest BCUT2D eigenvalue weighted by Gasteiger charge is 2.13. The van der Waals surface area contributed by atoms with Crippen LogP contribution in [-0.2, 0) is 0 Å². The smallest absolute Gasteiger partial charge is 0.271 e. The maximum absolute atomic E-state index is 10.8. The van der Waals surface area contributed by atoms with Crippen molar-refractivity contribution >= 4 is 11.4 Å². The molecule has 0 saturated carbocycles. The molecule has 104 valence electrons. The van der Waals surface area contributed by atoms with Gasteiger partial charge in [-0.2, -0.15) is 4.68 Å². The molecule has 0 spiro atoms. The molecule has 1 aromatic heterocycles. The van der Waals surface area contributed by atoms with Crippen molar-refractivity contribution in [2.75, 3.05) is 5.73 Å². The standard InChI is InChI=1S/C13H10N6O2/c14-10-6-4-9(5-7-10)13-15-16-17-18(13)11-2-1-3-12(8-11)19(20)21/h1-8H,14H2. The van der Waals surface area contributed by atoms with Crippen LogP contribution in [0, 0.1) is 10.1 Å². The van der Waals surface area contributed by atoms with E-state index >= 15 is 0 Å². The minimum Gasteiger partial charge on any atom is -0.399 e. The number of hydrogen-bond acceptors (Lipinski definition) is 6. The van der Waals surface area contributed by atoms with Crippen molar-refractivity contribution in [3.63, 3.8) is 0 Å². The number of tetrazole rings is 1. The van der Waals surface area contributed by atoms with E-state index in [-0.39, 0.29) is 5.69 Å². The Morgan fingerprint density at radius 3 is 2.62 bits per heavy atom. The third kappa shape index (κ3) is 2.41. The zero-order valence-corrected chi connectivity index (χ0v) is 10.7. The van der Waals surface area contributed by atoms with Crippen molar-refractivity contribution in [1.29, 1.82) is 0 Å². The van der Waals surface area contributed by atoms with E-state index in [2.05, 4.69) is 15.5 Å². The molecule has 8 heteroatoms. The van der Waals surface area contributed by atoms with E-state index in [0.717, 1.165) is 5.56 Å². The lowest BCUT2D eigenvalue weighted by Crippen LogP contribution is -2.01. The highest BCUT2D eigenvalue weighted by molar-refractivity contribution is 5.60. The van der Waals surface area contributed by atoms with E-state index in [1.54, 1.807) is 36.4 Å². The second-order valence-corrected chi connectivity index (χ2v) is 4.31. The molecule has 0 aliphatic heterocycles. The summed E-state index contributed by atoms with van der Waals surface area (Å²) in [6.07, 6.45) is 0. The molecule has 8 nitrogen and oxygen atoms in total. The van der Waals surface area contributed by atoms with Gasteiger partial charge in [0.15, 0.2) is 5.82 Å². The maximum Gasteiger partial charge on any atom is 0.271 e. The monoisotopic (exact) mass is 282 g/mol. The van der Waals surface area contributed by atoms with Crippen LogP contribution >= 0.6 is 0 Å². The first kappa shape index (κ1) is 12.7. The SMILES string of the molecule is Nc1ccc(-c2nnnn2-c2cccc([N+](=O)[O-])c2)cc1. The number of aromatic nitrogens is 4. The van der Waals surface area contributed by atoms with E-state index in [1.807, 2.05) is 0 Å². The summed E-state index contributed by atoms with van der Waals surface area (Å²) in [7, 11) is 0. The van der Waals surface area contributed by atoms with Gasteiger partial charge in [-0.25, -0.2) is 0 Å². The third-order valence-electron chi connectivity index (χ3n) is 2.92. The first-order valence-electron chi connectivity index (χ1n) is 6.04. The summed E-state index contributed by atoms with van der Waals surface area (Å²) >= 11 is 0. The Morgan fingerprint density at radius 1 is 1.14 bits per heavy atom. The Kier molecular flexibility index (Phi) is 3.03. The third-order valence-corrected chi connectivity index (χ3v) is 2.92. The number of non-ortho nitro benzene ring substituents is 1. The topological polar surface area (TPSA) is 113 Å². The Morgan fingerprint density at radius 2 is 1.90 bits per heavy atom. The Labute approximate surface area is 119 Å². The molecule has 1 heterocycles. The first-order chi connectivity index (χ1) is 10.1. The van der Waals surface area contributed by atoms with Gasteiger partial charge < -0.3 is 5.73 Å². The highest BCUT2D eigenvalue weighted by Crippen LogP contribution is 2.22. The van der Waals surface area contributed by atoms with Crippen molar-refractivity contribution in [2.24, 2.45) is 0 Å². The molecule has 3 rings (SSSR count). The Bertz CT molecular complexity index is 796. The van der Waals surface area contributed by atoms with Gasteiger partial charge in [-0.05, 0) is 40.8 Å². The molecule has 2 aromatic carbocycles. The number of nitro benzene ring substituents is 1. The summed E-state index contributed by atoms with van der Waals surface area (Å²) in [5.41, 5.74) is 7.54. The number of nitro groups is 1. The van der Waals surface area contributed by atoms with Crippen molar-refractivity contribution < 1.29 is 4.92 Å². The second-order valence-electron chi connectivity index (χ2n) is 4.31.